The zero-order chi connectivity index (χ0) is 26.9. The monoisotopic (exact) mass is 518 g/mol. The van der Waals surface area contributed by atoms with Crippen molar-refractivity contribution in [3.63, 3.8) is 0 Å². The number of carbonyl (C=O) groups is 1. The maximum absolute atomic E-state index is 13.7. The number of rotatable bonds is 3. The summed E-state index contributed by atoms with van der Waals surface area (Å²) in [6.45, 7) is 4.58. The van der Waals surface area contributed by atoms with Gasteiger partial charge in [0, 0.05) is 61.1 Å². The van der Waals surface area contributed by atoms with Gasteiger partial charge in [0.2, 0.25) is 0 Å². The maximum Gasteiger partial charge on any atom is 0.416 e. The van der Waals surface area contributed by atoms with Crippen LogP contribution in [0.4, 0.5) is 24.5 Å². The number of piperazine rings is 1. The Hall–Kier alpha value is -4.36. The van der Waals surface area contributed by atoms with Crippen LogP contribution in [0, 0.1) is 18.8 Å². The van der Waals surface area contributed by atoms with Crippen molar-refractivity contribution in [2.24, 2.45) is 0 Å². The molecule has 0 radical (unpaired) electrons. The van der Waals surface area contributed by atoms with E-state index in [9.17, 15) is 18.0 Å². The Morgan fingerprint density at radius 1 is 1.03 bits per heavy atom. The highest BCUT2D eigenvalue weighted by atomic mass is 19.4. The van der Waals surface area contributed by atoms with Gasteiger partial charge in [-0.2, -0.15) is 13.2 Å². The third-order valence-corrected chi connectivity index (χ3v) is 6.51. The molecule has 4 aromatic rings. The van der Waals surface area contributed by atoms with Gasteiger partial charge in [0.15, 0.2) is 5.65 Å². The number of anilines is 2. The maximum atomic E-state index is 13.7. The number of alkyl halides is 3. The van der Waals surface area contributed by atoms with Crippen LogP contribution in [0.2, 0.25) is 0 Å². The molecule has 7 nitrogen and oxygen atoms in total. The van der Waals surface area contributed by atoms with E-state index in [-0.39, 0.29) is 5.69 Å². The molecule has 10 heteroatoms. The van der Waals surface area contributed by atoms with E-state index in [0.717, 1.165) is 30.8 Å². The van der Waals surface area contributed by atoms with Crippen molar-refractivity contribution in [3.8, 4) is 11.8 Å². The van der Waals surface area contributed by atoms with E-state index in [2.05, 4.69) is 32.0 Å². The van der Waals surface area contributed by atoms with E-state index in [4.69, 9.17) is 0 Å². The predicted octanol–water partition coefficient (Wildman–Crippen LogP) is 4.46. The average molecular weight is 519 g/mol. The summed E-state index contributed by atoms with van der Waals surface area (Å²) in [4.78, 5) is 25.4. The second kappa shape index (κ2) is 10.2. The molecule has 1 fully saturated rings. The van der Waals surface area contributed by atoms with Crippen LogP contribution in [-0.2, 0) is 6.18 Å². The van der Waals surface area contributed by atoms with Crippen LogP contribution in [0.1, 0.15) is 32.7 Å². The standard InChI is InChI=1S/C28H25F3N6O/c1-19-3-4-21(13-20(19)5-6-24-17-33-26-18-32-7-8-37(24)26)27(38)34-23-14-22(28(29,30)31)15-25(16-23)36-11-9-35(2)10-12-36/h3-4,7-8,13-18H,9-12H2,1-2H3,(H,34,38). The minimum absolute atomic E-state index is 0.0892. The number of benzene rings is 2. The Labute approximate surface area is 217 Å². The lowest BCUT2D eigenvalue weighted by Gasteiger charge is -2.34. The van der Waals surface area contributed by atoms with Crippen molar-refractivity contribution >= 4 is 22.9 Å². The number of likely N-dealkylation sites (N-methyl/N-ethyl adjacent to an activating group) is 1. The molecule has 0 aliphatic carbocycles. The average Bonchev–Trinajstić information content (AvgIpc) is 3.31. The van der Waals surface area contributed by atoms with Crippen LogP contribution < -0.4 is 10.2 Å². The van der Waals surface area contributed by atoms with E-state index in [1.54, 1.807) is 53.5 Å². The number of amides is 1. The van der Waals surface area contributed by atoms with Gasteiger partial charge in [-0.3, -0.25) is 14.2 Å². The first-order valence-electron chi connectivity index (χ1n) is 12.0. The molecule has 38 heavy (non-hydrogen) atoms. The van der Waals surface area contributed by atoms with Crippen molar-refractivity contribution in [2.75, 3.05) is 43.4 Å². The Morgan fingerprint density at radius 2 is 1.82 bits per heavy atom. The van der Waals surface area contributed by atoms with Crippen molar-refractivity contribution in [1.29, 1.82) is 0 Å². The topological polar surface area (TPSA) is 65.8 Å². The van der Waals surface area contributed by atoms with E-state index in [1.807, 2.05) is 18.9 Å². The Morgan fingerprint density at radius 3 is 2.58 bits per heavy atom. The predicted molar refractivity (Wildman–Crippen MR) is 139 cm³/mol. The summed E-state index contributed by atoms with van der Waals surface area (Å²) in [5, 5.41) is 2.65. The number of halogens is 3. The van der Waals surface area contributed by atoms with Gasteiger partial charge in [0.25, 0.3) is 5.91 Å². The van der Waals surface area contributed by atoms with E-state index in [1.165, 1.54) is 0 Å². The zero-order valence-corrected chi connectivity index (χ0v) is 20.9. The van der Waals surface area contributed by atoms with E-state index >= 15 is 0 Å². The van der Waals surface area contributed by atoms with E-state index < -0.39 is 17.6 Å². The van der Waals surface area contributed by atoms with Crippen molar-refractivity contribution in [1.82, 2.24) is 19.3 Å². The van der Waals surface area contributed by atoms with Gasteiger partial charge in [-0.15, -0.1) is 0 Å². The van der Waals surface area contributed by atoms with Crippen LogP contribution in [-0.4, -0.2) is 58.4 Å². The fourth-order valence-electron chi connectivity index (χ4n) is 4.26. The summed E-state index contributed by atoms with van der Waals surface area (Å²) in [7, 11) is 1.98. The molecule has 1 saturated heterocycles. The SMILES string of the molecule is Cc1ccc(C(=O)Nc2cc(N3CCN(C)CC3)cc(C(F)(F)F)c2)cc1C#Cc1cnc2cnccn12. The van der Waals surface area contributed by atoms with Gasteiger partial charge in [-0.25, -0.2) is 4.98 Å². The highest BCUT2D eigenvalue weighted by Gasteiger charge is 2.32. The third kappa shape index (κ3) is 5.48. The number of nitrogens with zero attached hydrogens (tertiary/aromatic N) is 5. The van der Waals surface area contributed by atoms with Crippen LogP contribution in [0.25, 0.3) is 5.65 Å². The summed E-state index contributed by atoms with van der Waals surface area (Å²) in [5.41, 5.74) is 2.83. The highest BCUT2D eigenvalue weighted by molar-refractivity contribution is 6.04. The van der Waals surface area contributed by atoms with Crippen molar-refractivity contribution in [2.45, 2.75) is 13.1 Å². The summed E-state index contributed by atoms with van der Waals surface area (Å²) < 4.78 is 42.8. The van der Waals surface area contributed by atoms with Gasteiger partial charge in [0.05, 0.1) is 18.0 Å². The smallest absolute Gasteiger partial charge is 0.369 e. The molecule has 194 valence electrons. The van der Waals surface area contributed by atoms with Crippen LogP contribution in [0.5, 0.6) is 0 Å². The Balaban J connectivity index is 1.41. The molecule has 0 spiro atoms. The molecule has 5 rings (SSSR count). The van der Waals surface area contributed by atoms with Gasteiger partial charge < -0.3 is 15.1 Å². The number of aromatic nitrogens is 3. The van der Waals surface area contributed by atoms with Gasteiger partial charge in [-0.05, 0) is 55.8 Å². The van der Waals surface area contributed by atoms with Crippen molar-refractivity contribution < 1.29 is 18.0 Å². The first-order chi connectivity index (χ1) is 18.2. The largest absolute Gasteiger partial charge is 0.416 e. The number of carbonyl (C=O) groups excluding carboxylic acids is 1. The quantitative estimate of drug-likeness (QED) is 0.406. The Kier molecular flexibility index (Phi) is 6.78. The lowest BCUT2D eigenvalue weighted by Crippen LogP contribution is -2.44. The molecule has 0 saturated carbocycles. The summed E-state index contributed by atoms with van der Waals surface area (Å²) >= 11 is 0. The number of fused-ring (bicyclic) bond motifs is 1. The molecular formula is C28H25F3N6O. The molecule has 0 bridgehead atoms. The normalized spacial score (nSPS) is 14.3. The molecule has 2 aromatic heterocycles. The first-order valence-corrected chi connectivity index (χ1v) is 12.0. The molecule has 3 heterocycles. The van der Waals surface area contributed by atoms with Crippen LogP contribution in [0.3, 0.4) is 0 Å². The van der Waals surface area contributed by atoms with Gasteiger partial charge >= 0.3 is 6.18 Å². The minimum atomic E-state index is -4.54. The van der Waals surface area contributed by atoms with Crippen molar-refractivity contribution in [3.05, 3.63) is 89.1 Å². The summed E-state index contributed by atoms with van der Waals surface area (Å²) in [6, 6.07) is 8.72. The van der Waals surface area contributed by atoms with E-state index in [0.29, 0.717) is 41.2 Å². The summed E-state index contributed by atoms with van der Waals surface area (Å²) in [6.07, 6.45) is 2.13. The molecule has 1 N–H and O–H groups in total. The Bertz CT molecular complexity index is 1560. The molecule has 1 amide bonds. The number of hydrogen-bond donors (Lipinski definition) is 1. The minimum Gasteiger partial charge on any atom is -0.369 e. The molecular weight excluding hydrogens is 493 g/mol. The third-order valence-electron chi connectivity index (χ3n) is 6.51. The molecule has 2 aromatic carbocycles. The summed E-state index contributed by atoms with van der Waals surface area (Å²) in [5.74, 6) is 5.63. The van der Waals surface area contributed by atoms with Gasteiger partial charge in [0.1, 0.15) is 5.69 Å². The van der Waals surface area contributed by atoms with Crippen LogP contribution in [0.15, 0.2) is 61.2 Å². The fourth-order valence-corrected chi connectivity index (χ4v) is 4.26. The van der Waals surface area contributed by atoms with Gasteiger partial charge in [-0.1, -0.05) is 12.0 Å². The lowest BCUT2D eigenvalue weighted by atomic mass is 10.0. The second-order valence-corrected chi connectivity index (χ2v) is 9.24. The number of hydrogen-bond acceptors (Lipinski definition) is 5. The molecule has 1 aliphatic rings. The zero-order valence-electron chi connectivity index (χ0n) is 20.9. The highest BCUT2D eigenvalue weighted by Crippen LogP contribution is 2.35. The molecule has 0 unspecified atom stereocenters. The molecule has 0 atom stereocenters. The second-order valence-electron chi connectivity index (χ2n) is 9.24. The first kappa shape index (κ1) is 25.3. The van der Waals surface area contributed by atoms with Crippen LogP contribution >= 0.6 is 0 Å². The lowest BCUT2D eigenvalue weighted by molar-refractivity contribution is -0.137. The molecule has 1 aliphatic heterocycles. The number of imidazole rings is 1. The number of aryl methyl sites for hydroxylation is 1. The number of nitrogens with one attached hydrogen (secondary N) is 1. The fraction of sp³-hybridized carbons (Fsp3) is 0.250.